The zero-order chi connectivity index (χ0) is 20.2. The predicted molar refractivity (Wildman–Crippen MR) is 115 cm³/mol. The van der Waals surface area contributed by atoms with Crippen LogP contribution in [-0.4, -0.2) is 48.8 Å². The molecule has 0 amide bonds. The van der Waals surface area contributed by atoms with Gasteiger partial charge in [-0.1, -0.05) is 30.3 Å². The fourth-order valence-corrected chi connectivity index (χ4v) is 3.47. The Bertz CT molecular complexity index is 769. The summed E-state index contributed by atoms with van der Waals surface area (Å²) in [5.74, 6) is 2.60. The number of rotatable bonds is 10. The van der Waals surface area contributed by atoms with Crippen molar-refractivity contribution in [3.05, 3.63) is 54.6 Å². The minimum absolute atomic E-state index is 0.120. The number of aliphatic imine (C=N–C) groups is 1. The Kier molecular flexibility index (Phi) is 9.34. The molecule has 2 atom stereocenters. The molecule has 0 spiro atoms. The van der Waals surface area contributed by atoms with E-state index in [1.54, 1.807) is 7.11 Å². The van der Waals surface area contributed by atoms with Crippen LogP contribution >= 0.6 is 0 Å². The number of methoxy groups -OCH3 is 1. The van der Waals surface area contributed by atoms with Crippen LogP contribution in [0.15, 0.2) is 64.5 Å². The largest absolute Gasteiger partial charge is 0.493 e. The molecule has 0 aliphatic carbocycles. The van der Waals surface area contributed by atoms with Crippen LogP contribution in [0.25, 0.3) is 0 Å². The lowest BCUT2D eigenvalue weighted by molar-refractivity contribution is 0.219. The molecule has 0 bridgehead atoms. The van der Waals surface area contributed by atoms with Crippen molar-refractivity contribution in [3.8, 4) is 11.5 Å². The number of guanidine groups is 1. The number of nitrogens with zero attached hydrogens (tertiary/aromatic N) is 1. The Hall–Kier alpha value is -2.54. The van der Waals surface area contributed by atoms with Crippen molar-refractivity contribution in [3.63, 3.8) is 0 Å². The van der Waals surface area contributed by atoms with E-state index in [0.717, 1.165) is 11.4 Å². The topological polar surface area (TPSA) is 72.0 Å². The summed E-state index contributed by atoms with van der Waals surface area (Å²) in [6, 6.07) is 17.0. The maximum Gasteiger partial charge on any atom is 0.191 e. The van der Waals surface area contributed by atoms with Gasteiger partial charge in [-0.15, -0.1) is 0 Å². The third-order valence-corrected chi connectivity index (χ3v) is 5.21. The van der Waals surface area contributed by atoms with Crippen molar-refractivity contribution in [1.82, 2.24) is 10.6 Å². The number of nitrogens with one attached hydrogen (secondary N) is 2. The molecular formula is C21H29N3O3S. The second kappa shape index (κ2) is 12.0. The number of ether oxygens (including phenoxy) is 2. The normalized spacial score (nSPS) is 13.5. The quantitative estimate of drug-likeness (QED) is 0.471. The highest BCUT2D eigenvalue weighted by molar-refractivity contribution is 7.85. The van der Waals surface area contributed by atoms with Gasteiger partial charge in [0.2, 0.25) is 0 Å². The summed E-state index contributed by atoms with van der Waals surface area (Å²) in [5, 5.41) is 6.43. The zero-order valence-electron chi connectivity index (χ0n) is 16.7. The van der Waals surface area contributed by atoms with Gasteiger partial charge in [0.05, 0.1) is 24.5 Å². The summed E-state index contributed by atoms with van der Waals surface area (Å²) >= 11 is 0. The molecule has 28 heavy (non-hydrogen) atoms. The summed E-state index contributed by atoms with van der Waals surface area (Å²) < 4.78 is 23.5. The molecule has 0 saturated carbocycles. The lowest BCUT2D eigenvalue weighted by Gasteiger charge is -2.16. The second-order valence-electron chi connectivity index (χ2n) is 6.09. The Morgan fingerprint density at radius 3 is 2.43 bits per heavy atom. The van der Waals surface area contributed by atoms with Crippen molar-refractivity contribution in [2.45, 2.75) is 24.8 Å². The van der Waals surface area contributed by atoms with E-state index in [-0.39, 0.29) is 6.10 Å². The third kappa shape index (κ3) is 7.23. The Labute approximate surface area is 169 Å². The average molecular weight is 404 g/mol. The minimum atomic E-state index is -1.03. The smallest absolute Gasteiger partial charge is 0.191 e. The average Bonchev–Trinajstić information content (AvgIpc) is 2.73. The van der Waals surface area contributed by atoms with Gasteiger partial charge in [-0.25, -0.2) is 4.99 Å². The molecule has 0 radical (unpaired) electrons. The predicted octanol–water partition coefficient (Wildman–Crippen LogP) is 2.83. The molecule has 7 heteroatoms. The SMILES string of the molecule is CCNC(=NCC(C)Oc1ccccc1OC)NCCS(=O)c1ccccc1. The van der Waals surface area contributed by atoms with Crippen molar-refractivity contribution in [2.75, 3.05) is 32.5 Å². The lowest BCUT2D eigenvalue weighted by atomic mass is 10.3. The lowest BCUT2D eigenvalue weighted by Crippen LogP contribution is -2.39. The first-order valence-corrected chi connectivity index (χ1v) is 10.7. The maximum absolute atomic E-state index is 12.3. The van der Waals surface area contributed by atoms with Crippen molar-refractivity contribution in [1.29, 1.82) is 0 Å². The summed E-state index contributed by atoms with van der Waals surface area (Å²) in [5.41, 5.74) is 0. The Balaban J connectivity index is 1.84. The second-order valence-corrected chi connectivity index (χ2v) is 7.66. The molecule has 0 saturated heterocycles. The molecule has 2 rings (SSSR count). The van der Waals surface area contributed by atoms with Gasteiger partial charge in [0.25, 0.3) is 0 Å². The highest BCUT2D eigenvalue weighted by atomic mass is 32.2. The fraction of sp³-hybridized carbons (Fsp3) is 0.381. The first-order valence-electron chi connectivity index (χ1n) is 9.39. The molecule has 152 valence electrons. The van der Waals surface area contributed by atoms with Gasteiger partial charge in [0.1, 0.15) is 6.10 Å². The first-order chi connectivity index (χ1) is 13.6. The van der Waals surface area contributed by atoms with Crippen molar-refractivity contribution < 1.29 is 13.7 Å². The number of hydrogen-bond donors (Lipinski definition) is 2. The van der Waals surface area contributed by atoms with Gasteiger partial charge in [-0.2, -0.15) is 0 Å². The monoisotopic (exact) mass is 403 g/mol. The molecule has 0 heterocycles. The van der Waals surface area contributed by atoms with E-state index < -0.39 is 10.8 Å². The fourth-order valence-electron chi connectivity index (χ4n) is 2.48. The first kappa shape index (κ1) is 21.8. The van der Waals surface area contributed by atoms with Gasteiger partial charge in [-0.3, -0.25) is 4.21 Å². The van der Waals surface area contributed by atoms with Crippen LogP contribution in [0.5, 0.6) is 11.5 Å². The highest BCUT2D eigenvalue weighted by Gasteiger charge is 2.09. The summed E-state index contributed by atoms with van der Waals surface area (Å²) in [4.78, 5) is 5.40. The van der Waals surface area contributed by atoms with Gasteiger partial charge in [0.15, 0.2) is 17.5 Å². The van der Waals surface area contributed by atoms with Crippen LogP contribution in [0.2, 0.25) is 0 Å². The number of benzene rings is 2. The maximum atomic E-state index is 12.3. The van der Waals surface area contributed by atoms with Gasteiger partial charge in [-0.05, 0) is 38.1 Å². The zero-order valence-corrected chi connectivity index (χ0v) is 17.5. The van der Waals surface area contributed by atoms with Crippen LogP contribution in [-0.2, 0) is 10.8 Å². The Morgan fingerprint density at radius 2 is 1.75 bits per heavy atom. The van der Waals surface area contributed by atoms with E-state index in [0.29, 0.717) is 36.3 Å². The summed E-state index contributed by atoms with van der Waals surface area (Å²) in [6.45, 7) is 5.76. The molecule has 2 aromatic rings. The van der Waals surface area contributed by atoms with E-state index in [9.17, 15) is 4.21 Å². The molecule has 2 aromatic carbocycles. The molecular weight excluding hydrogens is 374 g/mol. The van der Waals surface area contributed by atoms with E-state index in [1.165, 1.54) is 0 Å². The molecule has 0 fully saturated rings. The van der Waals surface area contributed by atoms with Crippen molar-refractivity contribution in [2.24, 2.45) is 4.99 Å². The van der Waals surface area contributed by atoms with Crippen LogP contribution in [0.1, 0.15) is 13.8 Å². The number of para-hydroxylation sites is 2. The van der Waals surface area contributed by atoms with Crippen molar-refractivity contribution >= 4 is 16.8 Å². The Morgan fingerprint density at radius 1 is 1.07 bits per heavy atom. The summed E-state index contributed by atoms with van der Waals surface area (Å²) in [7, 11) is 0.592. The van der Waals surface area contributed by atoms with Gasteiger partial charge < -0.3 is 20.1 Å². The van der Waals surface area contributed by atoms with Gasteiger partial charge in [0, 0.05) is 23.7 Å². The van der Waals surface area contributed by atoms with Crippen LogP contribution in [0, 0.1) is 0 Å². The molecule has 0 aliphatic heterocycles. The summed E-state index contributed by atoms with van der Waals surface area (Å²) in [6.07, 6.45) is -0.120. The van der Waals surface area contributed by atoms with Crippen LogP contribution in [0.3, 0.4) is 0 Å². The van der Waals surface area contributed by atoms with E-state index in [1.807, 2.05) is 68.4 Å². The molecule has 2 unspecified atom stereocenters. The highest BCUT2D eigenvalue weighted by Crippen LogP contribution is 2.26. The van der Waals surface area contributed by atoms with Crippen LogP contribution in [0.4, 0.5) is 0 Å². The van der Waals surface area contributed by atoms with Gasteiger partial charge >= 0.3 is 0 Å². The number of hydrogen-bond acceptors (Lipinski definition) is 4. The van der Waals surface area contributed by atoms with E-state index in [2.05, 4.69) is 15.6 Å². The van der Waals surface area contributed by atoms with E-state index >= 15 is 0 Å². The van der Waals surface area contributed by atoms with Crippen LogP contribution < -0.4 is 20.1 Å². The molecule has 6 nitrogen and oxygen atoms in total. The molecule has 0 aliphatic rings. The van der Waals surface area contributed by atoms with E-state index in [4.69, 9.17) is 9.47 Å². The third-order valence-electron chi connectivity index (χ3n) is 3.83. The standard InChI is InChI=1S/C21H29N3O3S/c1-4-22-21(23-14-15-28(25)18-10-6-5-7-11-18)24-16-17(2)27-20-13-9-8-12-19(20)26-3/h5-13,17H,4,14-16H2,1-3H3,(H2,22,23,24). The molecule has 2 N–H and O–H groups in total. The molecule has 0 aromatic heterocycles. The minimum Gasteiger partial charge on any atom is -0.493 e.